The molecular formula is C21H25N5O. The van der Waals surface area contributed by atoms with Crippen LogP contribution in [0.1, 0.15) is 36.9 Å². The molecule has 0 spiro atoms. The highest BCUT2D eigenvalue weighted by Crippen LogP contribution is 2.31. The predicted octanol–water partition coefficient (Wildman–Crippen LogP) is 2.82. The molecular weight excluding hydrogens is 338 g/mol. The van der Waals surface area contributed by atoms with E-state index in [0.29, 0.717) is 29.2 Å². The highest BCUT2D eigenvalue weighted by atomic mass is 16.3. The fourth-order valence-corrected chi connectivity index (χ4v) is 3.40. The van der Waals surface area contributed by atoms with Gasteiger partial charge in [0.15, 0.2) is 0 Å². The van der Waals surface area contributed by atoms with E-state index >= 15 is 0 Å². The number of likely N-dealkylation sites (tertiary alicyclic amines) is 1. The zero-order valence-electron chi connectivity index (χ0n) is 15.9. The van der Waals surface area contributed by atoms with Gasteiger partial charge < -0.3 is 15.3 Å². The first-order chi connectivity index (χ1) is 13.1. The lowest BCUT2D eigenvalue weighted by Crippen LogP contribution is -2.40. The average molecular weight is 363 g/mol. The minimum atomic E-state index is 0.159. The van der Waals surface area contributed by atoms with E-state index < -0.39 is 0 Å². The van der Waals surface area contributed by atoms with Crippen molar-refractivity contribution in [3.05, 3.63) is 29.5 Å². The fraction of sp³-hybridized carbons (Fsp3) is 0.476. The van der Waals surface area contributed by atoms with Crippen molar-refractivity contribution < 1.29 is 5.11 Å². The van der Waals surface area contributed by atoms with Crippen LogP contribution in [-0.4, -0.2) is 51.4 Å². The highest BCUT2D eigenvalue weighted by Gasteiger charge is 2.19. The molecule has 0 unspecified atom stereocenters. The van der Waals surface area contributed by atoms with E-state index in [1.165, 1.54) is 19.3 Å². The Kier molecular flexibility index (Phi) is 4.95. The number of anilines is 1. The molecule has 1 aliphatic carbocycles. The third kappa shape index (κ3) is 4.37. The molecule has 27 heavy (non-hydrogen) atoms. The van der Waals surface area contributed by atoms with Gasteiger partial charge in [-0.2, -0.15) is 0 Å². The van der Waals surface area contributed by atoms with Crippen molar-refractivity contribution in [3.63, 3.8) is 0 Å². The minimum absolute atomic E-state index is 0.159. The lowest BCUT2D eigenvalue weighted by Gasteiger charge is -2.30. The quantitative estimate of drug-likeness (QED) is 0.817. The molecule has 4 rings (SSSR count). The fourth-order valence-electron chi connectivity index (χ4n) is 3.40. The van der Waals surface area contributed by atoms with Crippen molar-refractivity contribution in [1.29, 1.82) is 0 Å². The summed E-state index contributed by atoms with van der Waals surface area (Å²) in [5.74, 6) is 7.57. The van der Waals surface area contributed by atoms with Crippen molar-refractivity contribution in [2.45, 2.75) is 38.6 Å². The normalized spacial score (nSPS) is 20.0. The maximum absolute atomic E-state index is 10.4. The van der Waals surface area contributed by atoms with Gasteiger partial charge in [-0.1, -0.05) is 11.8 Å². The van der Waals surface area contributed by atoms with Crippen LogP contribution in [0.5, 0.6) is 5.75 Å². The van der Waals surface area contributed by atoms with Crippen LogP contribution < -0.4 is 5.32 Å². The Labute approximate surface area is 160 Å². The van der Waals surface area contributed by atoms with Gasteiger partial charge in [-0.25, -0.2) is 4.98 Å². The van der Waals surface area contributed by atoms with Gasteiger partial charge in [-0.15, -0.1) is 10.2 Å². The Morgan fingerprint density at radius 3 is 2.78 bits per heavy atom. The van der Waals surface area contributed by atoms with E-state index in [1.54, 1.807) is 6.07 Å². The second-order valence-corrected chi connectivity index (χ2v) is 7.59. The smallest absolute Gasteiger partial charge is 0.243 e. The predicted molar refractivity (Wildman–Crippen MR) is 105 cm³/mol. The number of hydrogen-bond acceptors (Lipinski definition) is 6. The lowest BCUT2D eigenvalue weighted by molar-refractivity contribution is 0.260. The highest BCUT2D eigenvalue weighted by molar-refractivity contribution is 5.69. The summed E-state index contributed by atoms with van der Waals surface area (Å²) < 4.78 is 0. The summed E-state index contributed by atoms with van der Waals surface area (Å²) in [4.78, 5) is 6.86. The molecule has 0 amide bonds. The second-order valence-electron chi connectivity index (χ2n) is 7.59. The molecule has 6 heteroatoms. The molecule has 1 saturated heterocycles. The molecule has 2 aliphatic rings. The van der Waals surface area contributed by atoms with Gasteiger partial charge in [-0.05, 0) is 64.4 Å². The average Bonchev–Trinajstić information content (AvgIpc) is 3.45. The Morgan fingerprint density at radius 2 is 2.07 bits per heavy atom. The number of nitrogens with zero attached hydrogens (tertiary/aromatic N) is 4. The summed E-state index contributed by atoms with van der Waals surface area (Å²) in [5.41, 5.74) is 2.79. The molecule has 1 aromatic heterocycles. The van der Waals surface area contributed by atoms with Crippen LogP contribution in [0.25, 0.3) is 11.3 Å². The van der Waals surface area contributed by atoms with Crippen molar-refractivity contribution in [1.82, 2.24) is 20.1 Å². The van der Waals surface area contributed by atoms with Crippen molar-refractivity contribution in [2.75, 3.05) is 25.5 Å². The number of hydrogen-bond donors (Lipinski definition) is 2. The number of piperidine rings is 1. The Morgan fingerprint density at radius 1 is 1.22 bits per heavy atom. The van der Waals surface area contributed by atoms with Crippen LogP contribution in [-0.2, 0) is 0 Å². The summed E-state index contributed by atoms with van der Waals surface area (Å²) in [6.07, 6.45) is 4.66. The minimum Gasteiger partial charge on any atom is -0.507 e. The molecule has 2 aromatic rings. The van der Waals surface area contributed by atoms with Crippen molar-refractivity contribution in [3.8, 4) is 28.8 Å². The van der Waals surface area contributed by atoms with E-state index in [9.17, 15) is 5.11 Å². The van der Waals surface area contributed by atoms with E-state index in [0.717, 1.165) is 30.8 Å². The lowest BCUT2D eigenvalue weighted by atomic mass is 10.1. The van der Waals surface area contributed by atoms with Crippen LogP contribution in [0.3, 0.4) is 0 Å². The molecule has 1 aliphatic heterocycles. The maximum atomic E-state index is 10.4. The molecule has 1 saturated carbocycles. The Balaban J connectivity index is 1.51. The second kappa shape index (κ2) is 7.53. The summed E-state index contributed by atoms with van der Waals surface area (Å²) >= 11 is 0. The summed E-state index contributed by atoms with van der Waals surface area (Å²) in [7, 11) is 2.13. The maximum Gasteiger partial charge on any atom is 0.243 e. The molecule has 2 N–H and O–H groups in total. The van der Waals surface area contributed by atoms with Crippen LogP contribution in [0.15, 0.2) is 18.2 Å². The summed E-state index contributed by atoms with van der Waals surface area (Å²) in [6, 6.07) is 5.79. The topological polar surface area (TPSA) is 74.2 Å². The molecule has 2 heterocycles. The standard InChI is InChI=1S/C21H25N5O/c1-14-20(18-10-9-16(12-19(18)27)8-7-15-5-6-15)24-25-21(22-14)23-17-4-3-11-26(2)13-17/h9-10,12,15,17,27H,3-6,11,13H2,1-2H3,(H,22,23,25)/t17-/m1/s1. The third-order valence-corrected chi connectivity index (χ3v) is 5.07. The summed E-state index contributed by atoms with van der Waals surface area (Å²) in [5, 5.41) is 22.4. The first kappa shape index (κ1) is 17.7. The van der Waals surface area contributed by atoms with Crippen LogP contribution in [0.4, 0.5) is 5.95 Å². The van der Waals surface area contributed by atoms with E-state index in [-0.39, 0.29) is 5.75 Å². The number of benzene rings is 1. The largest absolute Gasteiger partial charge is 0.507 e. The zero-order chi connectivity index (χ0) is 18.8. The number of rotatable bonds is 3. The molecule has 0 bridgehead atoms. The summed E-state index contributed by atoms with van der Waals surface area (Å²) in [6.45, 7) is 4.01. The van der Waals surface area contributed by atoms with E-state index in [2.05, 4.69) is 44.3 Å². The number of aromatic nitrogens is 3. The molecule has 140 valence electrons. The first-order valence-electron chi connectivity index (χ1n) is 9.60. The number of aromatic hydroxyl groups is 1. The molecule has 1 atom stereocenters. The van der Waals surface area contributed by atoms with Gasteiger partial charge in [0.2, 0.25) is 5.95 Å². The van der Waals surface area contributed by atoms with Gasteiger partial charge in [0.25, 0.3) is 0 Å². The van der Waals surface area contributed by atoms with Gasteiger partial charge in [0, 0.05) is 29.6 Å². The van der Waals surface area contributed by atoms with Gasteiger partial charge in [-0.3, -0.25) is 0 Å². The molecule has 6 nitrogen and oxygen atoms in total. The van der Waals surface area contributed by atoms with Gasteiger partial charge in [0.1, 0.15) is 11.4 Å². The number of aryl methyl sites for hydroxylation is 1. The van der Waals surface area contributed by atoms with Crippen molar-refractivity contribution in [2.24, 2.45) is 5.92 Å². The Bertz CT molecular complexity index is 897. The first-order valence-corrected chi connectivity index (χ1v) is 9.60. The SMILES string of the molecule is Cc1nc(N[C@@H]2CCCN(C)C2)nnc1-c1ccc(C#CC2CC2)cc1O. The molecule has 2 fully saturated rings. The van der Waals surface area contributed by atoms with Crippen LogP contribution in [0.2, 0.25) is 0 Å². The number of phenols is 1. The van der Waals surface area contributed by atoms with E-state index in [1.807, 2.05) is 19.1 Å². The van der Waals surface area contributed by atoms with Crippen molar-refractivity contribution >= 4 is 5.95 Å². The molecule has 1 aromatic carbocycles. The van der Waals surface area contributed by atoms with Gasteiger partial charge in [0.05, 0.1) is 5.69 Å². The number of likely N-dealkylation sites (N-methyl/N-ethyl adjacent to an activating group) is 1. The van der Waals surface area contributed by atoms with Crippen LogP contribution in [0, 0.1) is 24.7 Å². The Hall–Kier alpha value is -2.65. The van der Waals surface area contributed by atoms with Crippen LogP contribution >= 0.6 is 0 Å². The third-order valence-electron chi connectivity index (χ3n) is 5.07. The zero-order valence-corrected chi connectivity index (χ0v) is 15.9. The molecule has 0 radical (unpaired) electrons. The number of phenolic OH excluding ortho intramolecular Hbond substituents is 1. The number of nitrogens with one attached hydrogen (secondary N) is 1. The van der Waals surface area contributed by atoms with Gasteiger partial charge >= 0.3 is 0 Å². The monoisotopic (exact) mass is 363 g/mol. The van der Waals surface area contributed by atoms with E-state index in [4.69, 9.17) is 0 Å².